The Morgan fingerprint density at radius 1 is 1.63 bits per heavy atom. The molecule has 7 heteroatoms. The molecule has 1 rings (SSSR count). The van der Waals surface area contributed by atoms with E-state index in [0.717, 1.165) is 0 Å². The summed E-state index contributed by atoms with van der Waals surface area (Å²) in [5.41, 5.74) is 0.654. The minimum absolute atomic E-state index is 0.0402. The fourth-order valence-electron chi connectivity index (χ4n) is 1.68. The van der Waals surface area contributed by atoms with Crippen LogP contribution in [-0.2, 0) is 4.79 Å². The van der Waals surface area contributed by atoms with Gasteiger partial charge in [-0.25, -0.2) is 4.98 Å². The van der Waals surface area contributed by atoms with Crippen molar-refractivity contribution in [3.8, 4) is 0 Å². The molecule has 0 saturated heterocycles. The van der Waals surface area contributed by atoms with Crippen LogP contribution in [0.3, 0.4) is 0 Å². The summed E-state index contributed by atoms with van der Waals surface area (Å²) in [4.78, 5) is 24.5. The van der Waals surface area contributed by atoms with Gasteiger partial charge in [0, 0.05) is 18.5 Å². The second-order valence-electron chi connectivity index (χ2n) is 4.45. The van der Waals surface area contributed by atoms with Gasteiger partial charge in [0.25, 0.3) is 5.69 Å². The summed E-state index contributed by atoms with van der Waals surface area (Å²) in [7, 11) is 0. The van der Waals surface area contributed by atoms with Crippen LogP contribution in [0.4, 0.5) is 11.5 Å². The van der Waals surface area contributed by atoms with Gasteiger partial charge < -0.3 is 10.4 Å². The van der Waals surface area contributed by atoms with Gasteiger partial charge in [0.2, 0.25) is 0 Å². The number of hydrogen-bond donors (Lipinski definition) is 2. The SMILES string of the molecule is Cc1cc([N+](=O)[O-])cnc1NC(C)CCCC(=O)O. The van der Waals surface area contributed by atoms with E-state index in [1.807, 2.05) is 6.92 Å². The fourth-order valence-corrected chi connectivity index (χ4v) is 1.68. The summed E-state index contributed by atoms with van der Waals surface area (Å²) in [6.45, 7) is 3.66. The normalized spacial score (nSPS) is 11.9. The minimum Gasteiger partial charge on any atom is -0.481 e. The number of nitro groups is 1. The number of aliphatic carboxylic acids is 1. The van der Waals surface area contributed by atoms with Crippen molar-refractivity contribution in [3.05, 3.63) is 27.9 Å². The maximum atomic E-state index is 10.6. The first-order valence-electron chi connectivity index (χ1n) is 5.99. The molecule has 104 valence electrons. The van der Waals surface area contributed by atoms with Crippen LogP contribution in [0.2, 0.25) is 0 Å². The zero-order valence-electron chi connectivity index (χ0n) is 10.9. The molecule has 0 fully saturated rings. The molecule has 19 heavy (non-hydrogen) atoms. The number of nitrogens with one attached hydrogen (secondary N) is 1. The lowest BCUT2D eigenvalue weighted by Crippen LogP contribution is -2.17. The molecule has 0 aliphatic carbocycles. The van der Waals surface area contributed by atoms with Crippen LogP contribution in [0, 0.1) is 17.0 Å². The van der Waals surface area contributed by atoms with Gasteiger partial charge in [-0.3, -0.25) is 14.9 Å². The lowest BCUT2D eigenvalue weighted by atomic mass is 10.1. The zero-order valence-corrected chi connectivity index (χ0v) is 10.9. The minimum atomic E-state index is -0.808. The second kappa shape index (κ2) is 6.67. The molecule has 0 aromatic carbocycles. The summed E-state index contributed by atoms with van der Waals surface area (Å²) >= 11 is 0. The summed E-state index contributed by atoms with van der Waals surface area (Å²) < 4.78 is 0. The van der Waals surface area contributed by atoms with Crippen molar-refractivity contribution >= 4 is 17.5 Å². The number of hydrogen-bond acceptors (Lipinski definition) is 5. The summed E-state index contributed by atoms with van der Waals surface area (Å²) in [6, 6.07) is 1.52. The van der Waals surface area contributed by atoms with Crippen molar-refractivity contribution in [1.29, 1.82) is 0 Å². The average molecular weight is 267 g/mol. The number of anilines is 1. The summed E-state index contributed by atoms with van der Waals surface area (Å²) in [5.74, 6) is -0.217. The van der Waals surface area contributed by atoms with Crippen molar-refractivity contribution in [1.82, 2.24) is 4.98 Å². The van der Waals surface area contributed by atoms with Gasteiger partial charge >= 0.3 is 5.97 Å². The summed E-state index contributed by atoms with van der Waals surface area (Å²) in [6.07, 6.45) is 2.62. The number of nitrogens with zero attached hydrogens (tertiary/aromatic N) is 2. The molecule has 0 saturated carbocycles. The van der Waals surface area contributed by atoms with E-state index in [2.05, 4.69) is 10.3 Å². The zero-order chi connectivity index (χ0) is 14.4. The van der Waals surface area contributed by atoms with E-state index in [4.69, 9.17) is 5.11 Å². The van der Waals surface area contributed by atoms with E-state index < -0.39 is 10.9 Å². The molecule has 0 spiro atoms. The molecule has 1 heterocycles. The highest BCUT2D eigenvalue weighted by molar-refractivity contribution is 5.66. The molecule has 0 aliphatic heterocycles. The molecule has 1 unspecified atom stereocenters. The third kappa shape index (κ3) is 4.90. The van der Waals surface area contributed by atoms with Crippen molar-refractivity contribution in [3.63, 3.8) is 0 Å². The molecule has 0 bridgehead atoms. The third-order valence-corrected chi connectivity index (χ3v) is 2.69. The first kappa shape index (κ1) is 14.9. The van der Waals surface area contributed by atoms with Gasteiger partial charge in [-0.15, -0.1) is 0 Å². The third-order valence-electron chi connectivity index (χ3n) is 2.69. The quantitative estimate of drug-likeness (QED) is 0.580. The van der Waals surface area contributed by atoms with E-state index in [-0.39, 0.29) is 18.2 Å². The predicted octanol–water partition coefficient (Wildman–Crippen LogP) is 2.35. The van der Waals surface area contributed by atoms with Gasteiger partial charge in [-0.05, 0) is 32.3 Å². The Bertz CT molecular complexity index is 476. The topological polar surface area (TPSA) is 105 Å². The van der Waals surface area contributed by atoms with Crippen LogP contribution in [-0.4, -0.2) is 27.0 Å². The monoisotopic (exact) mass is 267 g/mol. The molecule has 0 aliphatic rings. The molecular formula is C12H17N3O4. The molecule has 1 atom stereocenters. The Balaban J connectivity index is 2.57. The largest absolute Gasteiger partial charge is 0.481 e. The number of rotatable bonds is 7. The second-order valence-corrected chi connectivity index (χ2v) is 4.45. The predicted molar refractivity (Wildman–Crippen MR) is 70.2 cm³/mol. The Morgan fingerprint density at radius 3 is 2.84 bits per heavy atom. The number of carboxylic acids is 1. The lowest BCUT2D eigenvalue weighted by molar-refractivity contribution is -0.385. The van der Waals surface area contributed by atoms with Crippen LogP contribution >= 0.6 is 0 Å². The van der Waals surface area contributed by atoms with Crippen molar-refractivity contribution < 1.29 is 14.8 Å². The Hall–Kier alpha value is -2.18. The molecule has 1 aromatic rings. The molecule has 0 amide bonds. The van der Waals surface area contributed by atoms with E-state index in [0.29, 0.717) is 24.2 Å². The molecular weight excluding hydrogens is 250 g/mol. The average Bonchev–Trinajstić information content (AvgIpc) is 2.31. The van der Waals surface area contributed by atoms with Crippen LogP contribution in [0.5, 0.6) is 0 Å². The highest BCUT2D eigenvalue weighted by Crippen LogP contribution is 2.19. The first-order valence-corrected chi connectivity index (χ1v) is 5.99. The summed E-state index contributed by atoms with van der Waals surface area (Å²) in [5, 5.41) is 22.3. The van der Waals surface area contributed by atoms with Crippen LogP contribution in [0.15, 0.2) is 12.3 Å². The smallest absolute Gasteiger partial charge is 0.303 e. The number of aromatic nitrogens is 1. The first-order chi connectivity index (χ1) is 8.90. The van der Waals surface area contributed by atoms with Crippen molar-refractivity contribution in [2.45, 2.75) is 39.2 Å². The number of carbonyl (C=O) groups is 1. The highest BCUT2D eigenvalue weighted by atomic mass is 16.6. The fraction of sp³-hybridized carbons (Fsp3) is 0.500. The highest BCUT2D eigenvalue weighted by Gasteiger charge is 2.11. The number of carboxylic acid groups (broad SMARTS) is 1. The van der Waals surface area contributed by atoms with Gasteiger partial charge in [-0.1, -0.05) is 0 Å². The standard InChI is InChI=1S/C12H17N3O4/c1-8-6-10(15(18)19)7-13-12(8)14-9(2)4-3-5-11(16)17/h6-7,9H,3-5H2,1-2H3,(H,13,14)(H,16,17). The van der Waals surface area contributed by atoms with E-state index in [1.165, 1.54) is 12.3 Å². The Kier molecular flexibility index (Phi) is 5.23. The molecule has 7 nitrogen and oxygen atoms in total. The van der Waals surface area contributed by atoms with E-state index >= 15 is 0 Å². The van der Waals surface area contributed by atoms with E-state index in [9.17, 15) is 14.9 Å². The molecule has 2 N–H and O–H groups in total. The van der Waals surface area contributed by atoms with Crippen LogP contribution < -0.4 is 5.32 Å². The maximum Gasteiger partial charge on any atom is 0.303 e. The number of pyridine rings is 1. The van der Waals surface area contributed by atoms with Gasteiger partial charge in [0.05, 0.1) is 4.92 Å². The van der Waals surface area contributed by atoms with Gasteiger partial charge in [0.15, 0.2) is 0 Å². The van der Waals surface area contributed by atoms with Crippen molar-refractivity contribution in [2.24, 2.45) is 0 Å². The molecule has 1 aromatic heterocycles. The number of aryl methyl sites for hydroxylation is 1. The molecule has 0 radical (unpaired) electrons. The van der Waals surface area contributed by atoms with Crippen molar-refractivity contribution in [2.75, 3.05) is 5.32 Å². The maximum absolute atomic E-state index is 10.6. The Labute approximate surface area is 110 Å². The van der Waals surface area contributed by atoms with Gasteiger partial charge in [0.1, 0.15) is 12.0 Å². The van der Waals surface area contributed by atoms with Crippen LogP contribution in [0.1, 0.15) is 31.7 Å². The lowest BCUT2D eigenvalue weighted by Gasteiger charge is -2.15. The van der Waals surface area contributed by atoms with Gasteiger partial charge in [-0.2, -0.15) is 0 Å². The van der Waals surface area contributed by atoms with E-state index in [1.54, 1.807) is 6.92 Å². The Morgan fingerprint density at radius 2 is 2.32 bits per heavy atom. The van der Waals surface area contributed by atoms with Crippen LogP contribution in [0.25, 0.3) is 0 Å².